The molecular weight excluding hydrogens is 254 g/mol. The van der Waals surface area contributed by atoms with Gasteiger partial charge in [-0.1, -0.05) is 18.2 Å². The standard InChI is InChI=1S/C16H19NO3/c1-11(12-4-3-5-15(8-12)20-2)17-10-13-6-7-14(18)9-16(13)19/h3-9,11,17-19H,10H2,1-2H3/t11-/m0/s1. The Bertz CT molecular complexity index is 584. The minimum atomic E-state index is 0.0621. The summed E-state index contributed by atoms with van der Waals surface area (Å²) in [4.78, 5) is 0. The highest BCUT2D eigenvalue weighted by molar-refractivity contribution is 5.39. The van der Waals surface area contributed by atoms with Gasteiger partial charge in [0.1, 0.15) is 17.2 Å². The summed E-state index contributed by atoms with van der Waals surface area (Å²) in [5.41, 5.74) is 1.86. The molecule has 0 amide bonds. The molecule has 0 bridgehead atoms. The highest BCUT2D eigenvalue weighted by atomic mass is 16.5. The van der Waals surface area contributed by atoms with E-state index in [2.05, 4.69) is 5.32 Å². The lowest BCUT2D eigenvalue weighted by Crippen LogP contribution is -2.18. The first kappa shape index (κ1) is 14.2. The van der Waals surface area contributed by atoms with E-state index in [1.165, 1.54) is 6.07 Å². The first-order chi connectivity index (χ1) is 9.60. The normalized spacial score (nSPS) is 12.1. The Hall–Kier alpha value is -2.20. The second-order valence-corrected chi connectivity index (χ2v) is 4.69. The molecule has 0 unspecified atom stereocenters. The van der Waals surface area contributed by atoms with E-state index in [0.717, 1.165) is 16.9 Å². The van der Waals surface area contributed by atoms with Crippen molar-refractivity contribution in [2.45, 2.75) is 19.5 Å². The van der Waals surface area contributed by atoms with Gasteiger partial charge in [0, 0.05) is 24.2 Å². The van der Waals surface area contributed by atoms with E-state index in [4.69, 9.17) is 4.74 Å². The van der Waals surface area contributed by atoms with Crippen LogP contribution in [0.4, 0.5) is 0 Å². The summed E-state index contributed by atoms with van der Waals surface area (Å²) in [7, 11) is 1.64. The van der Waals surface area contributed by atoms with Crippen LogP contribution < -0.4 is 10.1 Å². The molecule has 0 fully saturated rings. The molecule has 0 aliphatic carbocycles. The molecule has 4 heteroatoms. The fraction of sp³-hybridized carbons (Fsp3) is 0.250. The molecule has 0 aromatic heterocycles. The van der Waals surface area contributed by atoms with Gasteiger partial charge in [0.2, 0.25) is 0 Å². The Balaban J connectivity index is 2.02. The number of methoxy groups -OCH3 is 1. The summed E-state index contributed by atoms with van der Waals surface area (Å²) in [6.45, 7) is 2.57. The summed E-state index contributed by atoms with van der Waals surface area (Å²) >= 11 is 0. The lowest BCUT2D eigenvalue weighted by atomic mass is 10.1. The van der Waals surface area contributed by atoms with Gasteiger partial charge in [-0.15, -0.1) is 0 Å². The Kier molecular flexibility index (Phi) is 4.48. The third kappa shape index (κ3) is 3.42. The smallest absolute Gasteiger partial charge is 0.123 e. The summed E-state index contributed by atoms with van der Waals surface area (Å²) < 4.78 is 5.20. The minimum absolute atomic E-state index is 0.0621. The third-order valence-electron chi connectivity index (χ3n) is 3.26. The third-order valence-corrected chi connectivity index (χ3v) is 3.26. The van der Waals surface area contributed by atoms with Gasteiger partial charge in [0.25, 0.3) is 0 Å². The molecule has 20 heavy (non-hydrogen) atoms. The number of benzene rings is 2. The van der Waals surface area contributed by atoms with Crippen molar-refractivity contribution in [3.8, 4) is 17.2 Å². The maximum Gasteiger partial charge on any atom is 0.123 e. The SMILES string of the molecule is COc1cccc([C@H](C)NCc2ccc(O)cc2O)c1. The van der Waals surface area contributed by atoms with Gasteiger partial charge in [-0.2, -0.15) is 0 Å². The lowest BCUT2D eigenvalue weighted by Gasteiger charge is -2.15. The van der Waals surface area contributed by atoms with Gasteiger partial charge in [-0.05, 0) is 30.7 Å². The van der Waals surface area contributed by atoms with E-state index in [1.54, 1.807) is 19.2 Å². The van der Waals surface area contributed by atoms with Crippen molar-refractivity contribution in [1.29, 1.82) is 0 Å². The van der Waals surface area contributed by atoms with Crippen LogP contribution in [-0.2, 0) is 6.54 Å². The minimum Gasteiger partial charge on any atom is -0.508 e. The topological polar surface area (TPSA) is 61.7 Å². The molecule has 0 aliphatic rings. The fourth-order valence-electron chi connectivity index (χ4n) is 1.99. The zero-order valence-electron chi connectivity index (χ0n) is 11.6. The number of hydrogen-bond acceptors (Lipinski definition) is 4. The second-order valence-electron chi connectivity index (χ2n) is 4.69. The lowest BCUT2D eigenvalue weighted by molar-refractivity contribution is 0.413. The molecule has 0 saturated carbocycles. The van der Waals surface area contributed by atoms with E-state index in [9.17, 15) is 10.2 Å². The molecule has 2 aromatic rings. The molecule has 0 spiro atoms. The Morgan fingerprint density at radius 3 is 2.65 bits per heavy atom. The number of aromatic hydroxyl groups is 2. The van der Waals surface area contributed by atoms with Crippen molar-refractivity contribution >= 4 is 0 Å². The van der Waals surface area contributed by atoms with Crippen LogP contribution in [0.5, 0.6) is 17.2 Å². The highest BCUT2D eigenvalue weighted by Gasteiger charge is 2.08. The average Bonchev–Trinajstić information content (AvgIpc) is 2.46. The van der Waals surface area contributed by atoms with Crippen LogP contribution in [0.1, 0.15) is 24.1 Å². The molecule has 0 aliphatic heterocycles. The van der Waals surface area contributed by atoms with Gasteiger partial charge < -0.3 is 20.3 Å². The van der Waals surface area contributed by atoms with E-state index >= 15 is 0 Å². The van der Waals surface area contributed by atoms with Crippen LogP contribution in [0.15, 0.2) is 42.5 Å². The van der Waals surface area contributed by atoms with Crippen molar-refractivity contribution in [2.75, 3.05) is 7.11 Å². The number of rotatable bonds is 5. The Labute approximate surface area is 118 Å². The number of phenolic OH excluding ortho intramolecular Hbond substituents is 2. The van der Waals surface area contributed by atoms with Crippen molar-refractivity contribution in [3.05, 3.63) is 53.6 Å². The highest BCUT2D eigenvalue weighted by Crippen LogP contribution is 2.24. The van der Waals surface area contributed by atoms with Crippen LogP contribution in [0.25, 0.3) is 0 Å². The average molecular weight is 273 g/mol. The van der Waals surface area contributed by atoms with Crippen molar-refractivity contribution < 1.29 is 14.9 Å². The predicted molar refractivity (Wildman–Crippen MR) is 78.0 cm³/mol. The first-order valence-electron chi connectivity index (χ1n) is 6.48. The first-order valence-corrected chi connectivity index (χ1v) is 6.48. The van der Waals surface area contributed by atoms with Gasteiger partial charge in [-0.25, -0.2) is 0 Å². The van der Waals surface area contributed by atoms with Gasteiger partial charge in [0.15, 0.2) is 0 Å². The molecule has 2 rings (SSSR count). The fourth-order valence-corrected chi connectivity index (χ4v) is 1.99. The van der Waals surface area contributed by atoms with Crippen molar-refractivity contribution in [3.63, 3.8) is 0 Å². The van der Waals surface area contributed by atoms with Crippen molar-refractivity contribution in [2.24, 2.45) is 0 Å². The molecular formula is C16H19NO3. The predicted octanol–water partition coefficient (Wildman–Crippen LogP) is 2.96. The molecule has 2 aromatic carbocycles. The van der Waals surface area contributed by atoms with Crippen LogP contribution in [0, 0.1) is 0 Å². The Morgan fingerprint density at radius 1 is 1.15 bits per heavy atom. The van der Waals surface area contributed by atoms with E-state index < -0.39 is 0 Å². The van der Waals surface area contributed by atoms with Gasteiger partial charge in [0.05, 0.1) is 7.11 Å². The molecule has 3 N–H and O–H groups in total. The number of phenols is 2. The summed E-state index contributed by atoms with van der Waals surface area (Å²) in [6, 6.07) is 12.6. The molecule has 0 saturated heterocycles. The number of nitrogens with one attached hydrogen (secondary N) is 1. The maximum absolute atomic E-state index is 9.74. The van der Waals surface area contributed by atoms with Crippen molar-refractivity contribution in [1.82, 2.24) is 5.32 Å². The monoisotopic (exact) mass is 273 g/mol. The van der Waals surface area contributed by atoms with E-state index in [1.807, 2.05) is 31.2 Å². The zero-order valence-corrected chi connectivity index (χ0v) is 11.6. The molecule has 1 atom stereocenters. The summed E-state index contributed by atoms with van der Waals surface area (Å²) in [5.74, 6) is 0.978. The molecule has 0 heterocycles. The van der Waals surface area contributed by atoms with E-state index in [0.29, 0.717) is 6.54 Å². The molecule has 4 nitrogen and oxygen atoms in total. The quantitative estimate of drug-likeness (QED) is 0.784. The van der Waals surface area contributed by atoms with Crippen LogP contribution in [-0.4, -0.2) is 17.3 Å². The zero-order chi connectivity index (χ0) is 14.5. The molecule has 0 radical (unpaired) electrons. The number of ether oxygens (including phenoxy) is 1. The van der Waals surface area contributed by atoms with Crippen LogP contribution in [0.2, 0.25) is 0 Å². The van der Waals surface area contributed by atoms with Crippen LogP contribution >= 0.6 is 0 Å². The molecule has 106 valence electrons. The van der Waals surface area contributed by atoms with E-state index in [-0.39, 0.29) is 17.5 Å². The maximum atomic E-state index is 9.74. The summed E-state index contributed by atoms with van der Waals surface area (Å²) in [6.07, 6.45) is 0. The summed E-state index contributed by atoms with van der Waals surface area (Å²) in [5, 5.41) is 22.3. The second kappa shape index (κ2) is 6.30. The Morgan fingerprint density at radius 2 is 1.95 bits per heavy atom. The van der Waals surface area contributed by atoms with Gasteiger partial charge in [-0.3, -0.25) is 0 Å². The van der Waals surface area contributed by atoms with Crippen LogP contribution in [0.3, 0.4) is 0 Å². The van der Waals surface area contributed by atoms with Gasteiger partial charge >= 0.3 is 0 Å². The number of hydrogen-bond donors (Lipinski definition) is 3. The largest absolute Gasteiger partial charge is 0.508 e.